The molecule has 22 heavy (non-hydrogen) atoms. The van der Waals surface area contributed by atoms with Gasteiger partial charge in [0, 0.05) is 24.7 Å². The quantitative estimate of drug-likeness (QED) is 0.710. The van der Waals surface area contributed by atoms with Gasteiger partial charge in [0.25, 0.3) is 5.91 Å². The molecule has 3 rings (SSSR count). The van der Waals surface area contributed by atoms with Crippen LogP contribution < -0.4 is 15.4 Å². The minimum Gasteiger partial charge on any atom is -0.348 e. The Morgan fingerprint density at radius 1 is 1.27 bits per heavy atom. The summed E-state index contributed by atoms with van der Waals surface area (Å²) in [5.41, 5.74) is 0.376. The van der Waals surface area contributed by atoms with Gasteiger partial charge < -0.3 is 10.6 Å². The van der Waals surface area contributed by atoms with E-state index in [1.165, 1.54) is 12.1 Å². The normalized spacial score (nSPS) is 21.7. The third-order valence-electron chi connectivity index (χ3n) is 4.06. The van der Waals surface area contributed by atoms with E-state index >= 15 is 0 Å². The lowest BCUT2D eigenvalue weighted by Gasteiger charge is -2.12. The molecule has 1 amide bonds. The second-order valence-corrected chi connectivity index (χ2v) is 7.75. The number of nitrogens with one attached hydrogen (secondary N) is 3. The smallest absolute Gasteiger partial charge is 0.251 e. The summed E-state index contributed by atoms with van der Waals surface area (Å²) in [4.78, 5) is 12.3. The molecule has 1 unspecified atom stereocenters. The van der Waals surface area contributed by atoms with Crippen LogP contribution in [0.3, 0.4) is 0 Å². The molecular formula is C15H21N3O3S. The zero-order valence-electron chi connectivity index (χ0n) is 12.3. The fraction of sp³-hybridized carbons (Fsp3) is 0.533. The van der Waals surface area contributed by atoms with Crippen molar-refractivity contribution in [3.05, 3.63) is 29.8 Å². The van der Waals surface area contributed by atoms with E-state index in [0.717, 1.165) is 32.4 Å². The highest BCUT2D eigenvalue weighted by atomic mass is 32.2. The van der Waals surface area contributed by atoms with E-state index < -0.39 is 10.0 Å². The first kappa shape index (κ1) is 15.5. The van der Waals surface area contributed by atoms with Crippen molar-refractivity contribution in [3.8, 4) is 0 Å². The SMILES string of the molecule is O=C(NC1CCNC1)c1cccc(S(=O)(=O)NCC2CC2)c1. The van der Waals surface area contributed by atoms with Crippen LogP contribution in [0.15, 0.2) is 29.2 Å². The standard InChI is InChI=1S/C15H21N3O3S/c19-15(18-13-6-7-16-10-13)12-2-1-3-14(8-12)22(20,21)17-9-11-4-5-11/h1-3,8,11,13,16-17H,4-7,9-10H2,(H,18,19). The van der Waals surface area contributed by atoms with Crippen LogP contribution in [0.4, 0.5) is 0 Å². The molecule has 0 bridgehead atoms. The van der Waals surface area contributed by atoms with E-state index in [1.807, 2.05) is 0 Å². The van der Waals surface area contributed by atoms with Crippen LogP contribution in [0.2, 0.25) is 0 Å². The number of sulfonamides is 1. The summed E-state index contributed by atoms with van der Waals surface area (Å²) in [6, 6.07) is 6.31. The Morgan fingerprint density at radius 2 is 2.09 bits per heavy atom. The molecular weight excluding hydrogens is 302 g/mol. The maximum absolute atomic E-state index is 12.2. The number of hydrogen-bond donors (Lipinski definition) is 3. The van der Waals surface area contributed by atoms with E-state index in [2.05, 4.69) is 15.4 Å². The molecule has 1 aromatic carbocycles. The number of carbonyl (C=O) groups excluding carboxylic acids is 1. The molecule has 1 aliphatic carbocycles. The average Bonchev–Trinajstić information content (AvgIpc) is 3.21. The molecule has 1 aliphatic heterocycles. The lowest BCUT2D eigenvalue weighted by Crippen LogP contribution is -2.36. The molecule has 1 aromatic rings. The molecule has 0 radical (unpaired) electrons. The Labute approximate surface area is 130 Å². The van der Waals surface area contributed by atoms with Gasteiger partial charge >= 0.3 is 0 Å². The van der Waals surface area contributed by atoms with Gasteiger partial charge in [0.05, 0.1) is 4.90 Å². The van der Waals surface area contributed by atoms with Gasteiger partial charge in [-0.05, 0) is 49.9 Å². The van der Waals surface area contributed by atoms with Crippen molar-refractivity contribution in [2.24, 2.45) is 5.92 Å². The number of rotatable bonds is 6. The van der Waals surface area contributed by atoms with Crippen LogP contribution in [-0.2, 0) is 10.0 Å². The molecule has 7 heteroatoms. The first-order valence-corrected chi connectivity index (χ1v) is 9.14. The van der Waals surface area contributed by atoms with Gasteiger partial charge in [-0.1, -0.05) is 6.07 Å². The summed E-state index contributed by atoms with van der Waals surface area (Å²) in [7, 11) is -3.54. The van der Waals surface area contributed by atoms with Gasteiger partial charge in [-0.25, -0.2) is 13.1 Å². The van der Waals surface area contributed by atoms with Crippen molar-refractivity contribution < 1.29 is 13.2 Å². The van der Waals surface area contributed by atoms with Crippen molar-refractivity contribution in [2.75, 3.05) is 19.6 Å². The monoisotopic (exact) mass is 323 g/mol. The summed E-state index contributed by atoms with van der Waals surface area (Å²) in [6.45, 7) is 2.13. The van der Waals surface area contributed by atoms with Crippen molar-refractivity contribution >= 4 is 15.9 Å². The third-order valence-corrected chi connectivity index (χ3v) is 5.48. The highest BCUT2D eigenvalue weighted by Gasteiger charge is 2.25. The van der Waals surface area contributed by atoms with E-state index in [4.69, 9.17) is 0 Å². The van der Waals surface area contributed by atoms with E-state index in [0.29, 0.717) is 18.0 Å². The second kappa shape index (κ2) is 6.36. The molecule has 1 heterocycles. The maximum Gasteiger partial charge on any atom is 0.251 e. The Hall–Kier alpha value is -1.44. The van der Waals surface area contributed by atoms with Gasteiger partial charge in [-0.3, -0.25) is 4.79 Å². The van der Waals surface area contributed by atoms with Crippen molar-refractivity contribution in [1.82, 2.24) is 15.4 Å². The number of carbonyl (C=O) groups is 1. The lowest BCUT2D eigenvalue weighted by molar-refractivity contribution is 0.0940. The van der Waals surface area contributed by atoms with Crippen LogP contribution in [0.1, 0.15) is 29.6 Å². The van der Waals surface area contributed by atoms with E-state index in [9.17, 15) is 13.2 Å². The molecule has 1 saturated carbocycles. The number of amides is 1. The summed E-state index contributed by atoms with van der Waals surface area (Å²) < 4.78 is 27.1. The first-order chi connectivity index (χ1) is 10.5. The fourth-order valence-corrected chi connectivity index (χ4v) is 3.65. The molecule has 0 aromatic heterocycles. The van der Waals surface area contributed by atoms with Crippen LogP contribution in [0.5, 0.6) is 0 Å². The third kappa shape index (κ3) is 3.85. The largest absolute Gasteiger partial charge is 0.348 e. The van der Waals surface area contributed by atoms with Crippen molar-refractivity contribution in [1.29, 1.82) is 0 Å². The summed E-state index contributed by atoms with van der Waals surface area (Å²) in [6.07, 6.45) is 3.06. The highest BCUT2D eigenvalue weighted by Crippen LogP contribution is 2.28. The molecule has 120 valence electrons. The molecule has 1 atom stereocenters. The Bertz CT molecular complexity index is 650. The highest BCUT2D eigenvalue weighted by molar-refractivity contribution is 7.89. The van der Waals surface area contributed by atoms with Gasteiger partial charge in [0.2, 0.25) is 10.0 Å². The van der Waals surface area contributed by atoms with Gasteiger partial charge in [-0.15, -0.1) is 0 Å². The molecule has 0 spiro atoms. The summed E-state index contributed by atoms with van der Waals surface area (Å²) in [5, 5.41) is 6.09. The van der Waals surface area contributed by atoms with Crippen molar-refractivity contribution in [2.45, 2.75) is 30.2 Å². The Kier molecular flexibility index (Phi) is 4.46. The zero-order valence-corrected chi connectivity index (χ0v) is 13.2. The molecule has 1 saturated heterocycles. The summed E-state index contributed by atoms with van der Waals surface area (Å²) in [5.74, 6) is 0.240. The number of benzene rings is 1. The maximum atomic E-state index is 12.2. The lowest BCUT2D eigenvalue weighted by atomic mass is 10.2. The van der Waals surface area contributed by atoms with E-state index in [1.54, 1.807) is 12.1 Å². The topological polar surface area (TPSA) is 87.3 Å². The molecule has 6 nitrogen and oxygen atoms in total. The summed E-state index contributed by atoms with van der Waals surface area (Å²) >= 11 is 0. The fourth-order valence-electron chi connectivity index (χ4n) is 2.48. The minimum absolute atomic E-state index is 0.112. The molecule has 3 N–H and O–H groups in total. The second-order valence-electron chi connectivity index (χ2n) is 5.99. The first-order valence-electron chi connectivity index (χ1n) is 7.66. The van der Waals surface area contributed by atoms with Crippen molar-refractivity contribution in [3.63, 3.8) is 0 Å². The number of hydrogen-bond acceptors (Lipinski definition) is 4. The van der Waals surface area contributed by atoms with Crippen LogP contribution in [0.25, 0.3) is 0 Å². The van der Waals surface area contributed by atoms with Crippen LogP contribution in [-0.4, -0.2) is 40.0 Å². The predicted molar refractivity (Wildman–Crippen MR) is 83.1 cm³/mol. The van der Waals surface area contributed by atoms with E-state index in [-0.39, 0.29) is 16.8 Å². The van der Waals surface area contributed by atoms with Gasteiger partial charge in [-0.2, -0.15) is 0 Å². The van der Waals surface area contributed by atoms with Crippen LogP contribution >= 0.6 is 0 Å². The van der Waals surface area contributed by atoms with Gasteiger partial charge in [0.15, 0.2) is 0 Å². The predicted octanol–water partition coefficient (Wildman–Crippen LogP) is 0.467. The van der Waals surface area contributed by atoms with Gasteiger partial charge in [0.1, 0.15) is 0 Å². The minimum atomic E-state index is -3.54. The Balaban J connectivity index is 1.69. The molecule has 2 aliphatic rings. The van der Waals surface area contributed by atoms with Crippen LogP contribution in [0, 0.1) is 5.92 Å². The average molecular weight is 323 g/mol. The zero-order chi connectivity index (χ0) is 15.6. The molecule has 2 fully saturated rings. The Morgan fingerprint density at radius 3 is 2.77 bits per heavy atom.